The summed E-state index contributed by atoms with van der Waals surface area (Å²) in [5, 5.41) is 3.04. The number of unbranched alkanes of at least 4 members (excludes halogenated alkanes) is 1. The first-order valence-electron chi connectivity index (χ1n) is 14.3. The number of nitrogens with zero attached hydrogens (tertiary/aromatic N) is 2. The van der Waals surface area contributed by atoms with Crippen LogP contribution >= 0.6 is 0 Å². The van der Waals surface area contributed by atoms with Crippen LogP contribution in [0.15, 0.2) is 78.9 Å². The molecule has 0 spiro atoms. The van der Waals surface area contributed by atoms with Crippen LogP contribution in [-0.2, 0) is 32.6 Å². The normalized spacial score (nSPS) is 12.0. The van der Waals surface area contributed by atoms with E-state index in [1.807, 2.05) is 80.6 Å². The maximum atomic E-state index is 13.9. The van der Waals surface area contributed by atoms with Crippen LogP contribution in [0.2, 0.25) is 0 Å². The second kappa shape index (κ2) is 15.4. The Morgan fingerprint density at radius 1 is 0.854 bits per heavy atom. The van der Waals surface area contributed by atoms with Crippen molar-refractivity contribution < 1.29 is 18.0 Å². The number of hydrogen-bond donors (Lipinski definition) is 1. The molecule has 41 heavy (non-hydrogen) atoms. The molecule has 7 nitrogen and oxygen atoms in total. The van der Waals surface area contributed by atoms with Gasteiger partial charge in [0.2, 0.25) is 21.8 Å². The third kappa shape index (κ3) is 10.0. The molecule has 0 unspecified atom stereocenters. The number of rotatable bonds is 15. The van der Waals surface area contributed by atoms with Gasteiger partial charge in [-0.1, -0.05) is 91.2 Å². The Bertz CT molecular complexity index is 1380. The van der Waals surface area contributed by atoms with Gasteiger partial charge in [0.25, 0.3) is 0 Å². The van der Waals surface area contributed by atoms with Crippen LogP contribution < -0.4 is 9.62 Å². The third-order valence-electron chi connectivity index (χ3n) is 7.01. The van der Waals surface area contributed by atoms with Crippen LogP contribution in [0.3, 0.4) is 0 Å². The summed E-state index contributed by atoms with van der Waals surface area (Å²) in [6.45, 7) is 7.01. The lowest BCUT2D eigenvalue weighted by Crippen LogP contribution is -2.50. The van der Waals surface area contributed by atoms with Crippen molar-refractivity contribution in [3.8, 4) is 0 Å². The maximum absolute atomic E-state index is 13.9. The van der Waals surface area contributed by atoms with E-state index < -0.39 is 16.1 Å². The summed E-state index contributed by atoms with van der Waals surface area (Å²) in [5.74, 6) is -0.365. The molecule has 0 saturated carbocycles. The van der Waals surface area contributed by atoms with Gasteiger partial charge in [-0.2, -0.15) is 0 Å². The summed E-state index contributed by atoms with van der Waals surface area (Å²) in [4.78, 5) is 29.1. The van der Waals surface area contributed by atoms with Gasteiger partial charge in [-0.05, 0) is 49.9 Å². The van der Waals surface area contributed by atoms with E-state index in [9.17, 15) is 18.0 Å². The topological polar surface area (TPSA) is 86.8 Å². The maximum Gasteiger partial charge on any atom is 0.243 e. The SMILES string of the molecule is CCCCNC(=O)[C@H](Cc1ccccc1)N(Cc1cccc(C)c1)C(=O)CCCN(c1ccc(C)cc1)S(C)(=O)=O. The second-order valence-corrected chi connectivity index (χ2v) is 12.5. The van der Waals surface area contributed by atoms with Gasteiger partial charge in [-0.25, -0.2) is 8.42 Å². The van der Waals surface area contributed by atoms with Gasteiger partial charge in [-0.3, -0.25) is 13.9 Å². The Kier molecular flexibility index (Phi) is 12.0. The molecule has 0 bridgehead atoms. The van der Waals surface area contributed by atoms with Crippen molar-refractivity contribution >= 4 is 27.5 Å². The molecule has 3 aromatic carbocycles. The molecule has 2 amide bonds. The molecule has 0 aliphatic heterocycles. The zero-order valence-corrected chi connectivity index (χ0v) is 25.5. The molecular weight excluding hydrogens is 534 g/mol. The van der Waals surface area contributed by atoms with Crippen LogP contribution in [0.5, 0.6) is 0 Å². The molecule has 0 aliphatic rings. The number of hydrogen-bond acceptors (Lipinski definition) is 4. The van der Waals surface area contributed by atoms with E-state index in [-0.39, 0.29) is 31.3 Å². The highest BCUT2D eigenvalue weighted by Gasteiger charge is 2.30. The molecule has 0 radical (unpaired) electrons. The van der Waals surface area contributed by atoms with E-state index >= 15 is 0 Å². The number of amides is 2. The lowest BCUT2D eigenvalue weighted by molar-refractivity contribution is -0.141. The predicted molar refractivity (Wildman–Crippen MR) is 166 cm³/mol. The highest BCUT2D eigenvalue weighted by Crippen LogP contribution is 2.21. The molecule has 8 heteroatoms. The van der Waals surface area contributed by atoms with Crippen molar-refractivity contribution in [3.05, 3.63) is 101 Å². The van der Waals surface area contributed by atoms with Crippen LogP contribution in [0.4, 0.5) is 5.69 Å². The quantitative estimate of drug-likeness (QED) is 0.245. The van der Waals surface area contributed by atoms with Gasteiger partial charge < -0.3 is 10.2 Å². The van der Waals surface area contributed by atoms with Crippen molar-refractivity contribution in [2.45, 2.75) is 65.5 Å². The Balaban J connectivity index is 1.86. The first-order chi connectivity index (χ1) is 19.6. The van der Waals surface area contributed by atoms with Gasteiger partial charge in [0, 0.05) is 32.5 Å². The van der Waals surface area contributed by atoms with Crippen LogP contribution in [0.1, 0.15) is 54.9 Å². The molecule has 3 rings (SSSR count). The Labute approximate surface area is 245 Å². The fourth-order valence-electron chi connectivity index (χ4n) is 4.78. The molecular formula is C33H43N3O4S. The number of benzene rings is 3. The predicted octanol–water partition coefficient (Wildman–Crippen LogP) is 5.41. The summed E-state index contributed by atoms with van der Waals surface area (Å²) >= 11 is 0. The smallest absolute Gasteiger partial charge is 0.243 e. The minimum atomic E-state index is -3.54. The van der Waals surface area contributed by atoms with E-state index in [0.717, 1.165) is 35.1 Å². The molecule has 0 saturated heterocycles. The Morgan fingerprint density at radius 3 is 2.17 bits per heavy atom. The van der Waals surface area contributed by atoms with E-state index in [1.54, 1.807) is 17.0 Å². The summed E-state index contributed by atoms with van der Waals surface area (Å²) in [6, 6.07) is 24.2. The number of anilines is 1. The number of nitrogens with one attached hydrogen (secondary N) is 1. The van der Waals surface area contributed by atoms with E-state index in [4.69, 9.17) is 0 Å². The minimum absolute atomic E-state index is 0.108. The Hall–Kier alpha value is -3.65. The lowest BCUT2D eigenvalue weighted by atomic mass is 10.0. The standard InChI is InChI=1S/C33H43N3O4S/c1-5-6-21-34-33(38)31(24-28-13-8-7-9-14-28)35(25-29-15-10-12-27(3)23-29)32(37)16-11-22-36(41(4,39)40)30-19-17-26(2)18-20-30/h7-10,12-15,17-20,23,31H,5-6,11,16,21-22,24-25H2,1-4H3,(H,34,38)/t31-/m0/s1. The molecule has 0 aromatic heterocycles. The zero-order valence-electron chi connectivity index (χ0n) is 24.7. The largest absolute Gasteiger partial charge is 0.354 e. The summed E-state index contributed by atoms with van der Waals surface area (Å²) in [7, 11) is -3.54. The van der Waals surface area contributed by atoms with Gasteiger partial charge in [-0.15, -0.1) is 0 Å². The third-order valence-corrected chi connectivity index (χ3v) is 8.20. The zero-order chi connectivity index (χ0) is 29.8. The average Bonchev–Trinajstić information content (AvgIpc) is 2.93. The van der Waals surface area contributed by atoms with E-state index in [2.05, 4.69) is 12.2 Å². The molecule has 3 aromatic rings. The first kappa shape index (κ1) is 31.9. The second-order valence-electron chi connectivity index (χ2n) is 10.6. The van der Waals surface area contributed by atoms with Gasteiger partial charge in [0.15, 0.2) is 0 Å². The van der Waals surface area contributed by atoms with Crippen molar-refractivity contribution in [1.29, 1.82) is 0 Å². The summed E-state index contributed by atoms with van der Waals surface area (Å²) in [6.07, 6.45) is 3.80. The lowest BCUT2D eigenvalue weighted by Gasteiger charge is -2.32. The minimum Gasteiger partial charge on any atom is -0.354 e. The Morgan fingerprint density at radius 2 is 1.54 bits per heavy atom. The average molecular weight is 578 g/mol. The first-order valence-corrected chi connectivity index (χ1v) is 16.1. The summed E-state index contributed by atoms with van der Waals surface area (Å²) in [5.41, 5.74) is 4.58. The van der Waals surface area contributed by atoms with Crippen LogP contribution in [-0.4, -0.2) is 50.5 Å². The molecule has 0 fully saturated rings. The van der Waals surface area contributed by atoms with Crippen molar-refractivity contribution in [2.75, 3.05) is 23.7 Å². The fourth-order valence-corrected chi connectivity index (χ4v) is 5.75. The number of sulfonamides is 1. The molecule has 220 valence electrons. The highest BCUT2D eigenvalue weighted by molar-refractivity contribution is 7.92. The molecule has 0 aliphatic carbocycles. The molecule has 0 heterocycles. The van der Waals surface area contributed by atoms with E-state index in [1.165, 1.54) is 10.6 Å². The number of carbonyl (C=O) groups excluding carboxylic acids is 2. The van der Waals surface area contributed by atoms with Crippen molar-refractivity contribution in [2.24, 2.45) is 0 Å². The number of aryl methyl sites for hydroxylation is 2. The van der Waals surface area contributed by atoms with Gasteiger partial charge in [0.1, 0.15) is 6.04 Å². The van der Waals surface area contributed by atoms with Crippen molar-refractivity contribution in [1.82, 2.24) is 10.2 Å². The van der Waals surface area contributed by atoms with Gasteiger partial charge in [0.05, 0.1) is 11.9 Å². The monoisotopic (exact) mass is 577 g/mol. The van der Waals surface area contributed by atoms with Gasteiger partial charge >= 0.3 is 0 Å². The molecule has 1 N–H and O–H groups in total. The summed E-state index contributed by atoms with van der Waals surface area (Å²) < 4.78 is 26.5. The number of carbonyl (C=O) groups is 2. The van der Waals surface area contributed by atoms with Crippen molar-refractivity contribution in [3.63, 3.8) is 0 Å². The van der Waals surface area contributed by atoms with Crippen LogP contribution in [0.25, 0.3) is 0 Å². The highest BCUT2D eigenvalue weighted by atomic mass is 32.2. The van der Waals surface area contributed by atoms with E-state index in [0.29, 0.717) is 25.1 Å². The fraction of sp³-hybridized carbons (Fsp3) is 0.394. The molecule has 1 atom stereocenters. The van der Waals surface area contributed by atoms with Crippen LogP contribution in [0, 0.1) is 13.8 Å².